The van der Waals surface area contributed by atoms with Crippen molar-refractivity contribution in [3.05, 3.63) is 181 Å². The smallest absolute Gasteiger partial charge is 0.235 e. The summed E-state index contributed by atoms with van der Waals surface area (Å²) >= 11 is 0. The highest BCUT2D eigenvalue weighted by Crippen LogP contribution is 2.51. The molecule has 62 heavy (non-hydrogen) atoms. The minimum Gasteiger partial charge on any atom is -0.454 e. The largest absolute Gasteiger partial charge is 0.454 e. The van der Waals surface area contributed by atoms with Gasteiger partial charge in [0.2, 0.25) is 5.95 Å². The first-order valence-electron chi connectivity index (χ1n) is 21.4. The summed E-state index contributed by atoms with van der Waals surface area (Å²) in [4.78, 5) is 11.4. The molecule has 0 saturated carbocycles. The molecule has 1 aliphatic rings. The second-order valence-electron chi connectivity index (χ2n) is 17.7. The quantitative estimate of drug-likeness (QED) is 0.164. The molecule has 0 fully saturated rings. The molecule has 14 aromatic rings. The molecular weight excluding hydrogens is 757 g/mol. The Balaban J connectivity index is 1.15. The number of aromatic nitrogens is 4. The van der Waals surface area contributed by atoms with Crippen molar-refractivity contribution in [3.63, 3.8) is 0 Å². The van der Waals surface area contributed by atoms with E-state index in [0.717, 1.165) is 82.2 Å². The number of rotatable bonds is 2. The third kappa shape index (κ3) is 3.91. The van der Waals surface area contributed by atoms with E-state index < -0.39 is 0 Å². The highest BCUT2D eigenvalue weighted by atomic mass is 16.3. The number of para-hydroxylation sites is 3. The number of benzene rings is 9. The zero-order valence-electron chi connectivity index (χ0n) is 33.9. The van der Waals surface area contributed by atoms with E-state index in [2.05, 4.69) is 193 Å². The Labute approximate surface area is 354 Å². The van der Waals surface area contributed by atoms with Gasteiger partial charge in [0.25, 0.3) is 0 Å². The monoisotopic (exact) mass is 790 g/mol. The van der Waals surface area contributed by atoms with E-state index in [1.54, 1.807) is 0 Å². The average molecular weight is 791 g/mol. The summed E-state index contributed by atoms with van der Waals surface area (Å²) in [7, 11) is 0. The van der Waals surface area contributed by atoms with Gasteiger partial charge in [-0.25, -0.2) is 9.97 Å². The number of fused-ring (bicyclic) bond motifs is 15. The zero-order valence-corrected chi connectivity index (χ0v) is 33.9. The molecule has 288 valence electrons. The second-order valence-corrected chi connectivity index (χ2v) is 17.7. The van der Waals surface area contributed by atoms with Gasteiger partial charge >= 0.3 is 0 Å². The van der Waals surface area contributed by atoms with Crippen molar-refractivity contribution in [2.24, 2.45) is 0 Å². The van der Waals surface area contributed by atoms with Crippen molar-refractivity contribution in [2.45, 2.75) is 19.3 Å². The van der Waals surface area contributed by atoms with Crippen molar-refractivity contribution in [1.82, 2.24) is 18.9 Å². The predicted molar refractivity (Wildman–Crippen MR) is 256 cm³/mol. The van der Waals surface area contributed by atoms with Crippen LogP contribution in [-0.4, -0.2) is 18.9 Å². The lowest BCUT2D eigenvalue weighted by Gasteiger charge is -2.22. The number of nitrogens with zero attached hydrogens (tertiary/aromatic N) is 4. The van der Waals surface area contributed by atoms with E-state index in [9.17, 15) is 0 Å². The minimum absolute atomic E-state index is 0.162. The average Bonchev–Trinajstić information content (AvgIpc) is 4.01. The molecule has 0 bridgehead atoms. The van der Waals surface area contributed by atoms with Crippen LogP contribution < -0.4 is 0 Å². The Hall–Kier alpha value is -8.02. The number of hydrogen-bond donors (Lipinski definition) is 0. The third-order valence-electron chi connectivity index (χ3n) is 14.2. The summed E-state index contributed by atoms with van der Waals surface area (Å²) in [5.41, 5.74) is 15.2. The Morgan fingerprint density at radius 3 is 2.10 bits per heavy atom. The molecule has 5 nitrogen and oxygen atoms in total. The fraction of sp³-hybridized carbons (Fsp3) is 0.0526. The highest BCUT2D eigenvalue weighted by molar-refractivity contribution is 6.36. The Morgan fingerprint density at radius 1 is 0.468 bits per heavy atom. The molecule has 5 aromatic heterocycles. The second kappa shape index (κ2) is 11.2. The first kappa shape index (κ1) is 32.8. The predicted octanol–water partition coefficient (Wildman–Crippen LogP) is 14.9. The maximum Gasteiger partial charge on any atom is 0.235 e. The molecule has 0 saturated heterocycles. The molecule has 0 spiro atoms. The fourth-order valence-corrected chi connectivity index (χ4v) is 11.5. The van der Waals surface area contributed by atoms with Crippen LogP contribution >= 0.6 is 0 Å². The van der Waals surface area contributed by atoms with Crippen LogP contribution in [0.3, 0.4) is 0 Å². The van der Waals surface area contributed by atoms with Crippen LogP contribution in [0.2, 0.25) is 0 Å². The summed E-state index contributed by atoms with van der Waals surface area (Å²) in [5.74, 6) is 0.610. The van der Waals surface area contributed by atoms with Crippen molar-refractivity contribution < 1.29 is 4.42 Å². The van der Waals surface area contributed by atoms with E-state index in [-0.39, 0.29) is 5.41 Å². The van der Waals surface area contributed by atoms with Crippen LogP contribution in [0.1, 0.15) is 25.0 Å². The van der Waals surface area contributed by atoms with Gasteiger partial charge in [0.15, 0.2) is 5.58 Å². The van der Waals surface area contributed by atoms with Gasteiger partial charge in [0, 0.05) is 59.5 Å². The van der Waals surface area contributed by atoms with Gasteiger partial charge in [-0.05, 0) is 75.5 Å². The summed E-state index contributed by atoms with van der Waals surface area (Å²) in [5, 5.41) is 12.6. The molecule has 0 atom stereocenters. The lowest BCUT2D eigenvalue weighted by Crippen LogP contribution is -2.15. The Morgan fingerprint density at radius 2 is 1.18 bits per heavy atom. The first-order valence-corrected chi connectivity index (χ1v) is 21.4. The van der Waals surface area contributed by atoms with E-state index >= 15 is 0 Å². The van der Waals surface area contributed by atoms with Gasteiger partial charge in [-0.1, -0.05) is 141 Å². The fourth-order valence-electron chi connectivity index (χ4n) is 11.5. The first-order chi connectivity index (χ1) is 30.5. The number of furan rings is 1. The molecular formula is C57H34N4O. The van der Waals surface area contributed by atoms with Crippen LogP contribution in [-0.2, 0) is 5.41 Å². The highest BCUT2D eigenvalue weighted by Gasteiger charge is 2.36. The Bertz CT molecular complexity index is 4310. The van der Waals surface area contributed by atoms with E-state index in [1.165, 1.54) is 54.8 Å². The van der Waals surface area contributed by atoms with Gasteiger partial charge in [0.05, 0.1) is 33.3 Å². The molecule has 15 rings (SSSR count). The van der Waals surface area contributed by atoms with E-state index in [1.807, 2.05) is 0 Å². The van der Waals surface area contributed by atoms with Crippen LogP contribution in [0.4, 0.5) is 0 Å². The van der Waals surface area contributed by atoms with Gasteiger partial charge in [0.1, 0.15) is 11.1 Å². The summed E-state index contributed by atoms with van der Waals surface area (Å²) in [6.07, 6.45) is 0. The maximum atomic E-state index is 7.01. The Kier molecular flexibility index (Phi) is 5.93. The molecule has 0 radical (unpaired) electrons. The molecule has 5 heterocycles. The normalized spacial score (nSPS) is 13.8. The van der Waals surface area contributed by atoms with Crippen LogP contribution in [0.15, 0.2) is 174 Å². The van der Waals surface area contributed by atoms with E-state index in [4.69, 9.17) is 14.4 Å². The van der Waals surface area contributed by atoms with Crippen molar-refractivity contribution >= 4 is 104 Å². The molecule has 0 unspecified atom stereocenters. The van der Waals surface area contributed by atoms with Gasteiger partial charge < -0.3 is 8.82 Å². The van der Waals surface area contributed by atoms with Gasteiger partial charge in [-0.15, -0.1) is 0 Å². The maximum absolute atomic E-state index is 7.01. The lowest BCUT2D eigenvalue weighted by atomic mass is 9.82. The summed E-state index contributed by atoms with van der Waals surface area (Å²) in [6, 6.07) is 61.8. The van der Waals surface area contributed by atoms with Crippen molar-refractivity contribution in [2.75, 3.05) is 0 Å². The van der Waals surface area contributed by atoms with Crippen molar-refractivity contribution in [3.8, 4) is 28.3 Å². The summed E-state index contributed by atoms with van der Waals surface area (Å²) < 4.78 is 11.8. The molecule has 5 heteroatoms. The molecule has 9 aromatic carbocycles. The van der Waals surface area contributed by atoms with Gasteiger partial charge in [-0.3, -0.25) is 4.57 Å². The minimum atomic E-state index is -0.162. The van der Waals surface area contributed by atoms with Crippen LogP contribution in [0, 0.1) is 0 Å². The lowest BCUT2D eigenvalue weighted by molar-refractivity contribution is 0.660. The molecule has 1 aliphatic carbocycles. The number of hydrogen-bond acceptors (Lipinski definition) is 3. The van der Waals surface area contributed by atoms with Crippen molar-refractivity contribution in [1.29, 1.82) is 0 Å². The summed E-state index contributed by atoms with van der Waals surface area (Å²) in [6.45, 7) is 4.68. The van der Waals surface area contributed by atoms with Crippen LogP contribution in [0.5, 0.6) is 0 Å². The SMILES string of the molecule is CC1(C)c2ccccc2-c2ccc(-c3nc(-n4c5cccc6c5c5c(cc7c8ccccc8oc7c54)c4cccc5c7ccccc7n6c45)nc4c3ccc3ccccc34)cc21. The van der Waals surface area contributed by atoms with Crippen LogP contribution in [0.25, 0.3) is 132 Å². The molecule has 0 amide bonds. The zero-order chi connectivity index (χ0) is 40.6. The third-order valence-corrected chi connectivity index (χ3v) is 14.2. The molecule has 0 aliphatic heterocycles. The van der Waals surface area contributed by atoms with Gasteiger partial charge in [-0.2, -0.15) is 0 Å². The van der Waals surface area contributed by atoms with E-state index in [0.29, 0.717) is 5.95 Å². The topological polar surface area (TPSA) is 48.3 Å². The standard InChI is InChI=1S/C57H34N4O/c1-57(2)43-20-8-5-15-34(43)35-27-26-32(29-44(35)57)51-40-28-25-31-13-3-4-14-33(31)52(40)59-56(58-51)61-47-23-12-22-46-50(47)49-41(30-42-37-17-7-10-24-48(37)62-55(42)54(49)61)39-19-11-18-38-36-16-6-9-21-45(36)60(46)53(38)39/h3-30H,1-2H3. The molecule has 0 N–H and O–H groups in total.